The van der Waals surface area contributed by atoms with Gasteiger partial charge in [0.05, 0.1) is 7.11 Å². The monoisotopic (exact) mass is 365 g/mol. The fourth-order valence-electron chi connectivity index (χ4n) is 2.35. The number of rotatable bonds is 6. The van der Waals surface area contributed by atoms with Gasteiger partial charge < -0.3 is 20.5 Å². The number of benzene rings is 2. The van der Waals surface area contributed by atoms with Crippen molar-refractivity contribution in [2.75, 3.05) is 18.2 Å². The van der Waals surface area contributed by atoms with Crippen LogP contribution in [-0.2, 0) is 11.3 Å². The number of anilines is 3. The zero-order valence-electron chi connectivity index (χ0n) is 15.0. The third kappa shape index (κ3) is 4.69. The molecule has 0 saturated heterocycles. The maximum absolute atomic E-state index is 12.3. The number of carbonyl (C=O) groups excluding carboxylic acids is 1. The number of nitrogens with one attached hydrogen (secondary N) is 1. The SMILES string of the molecule is COc1ccccc1C(=O)OCc1nc(N)nc(Nc2ccc(C)cc2)n1. The standard InChI is InChI=1S/C19H19N5O3/c1-12-7-9-13(10-8-12)21-19-23-16(22-18(20)24-19)11-27-17(25)14-5-3-4-6-15(14)26-2/h3-10H,11H2,1-2H3,(H3,20,21,22,23,24). The molecule has 0 aliphatic heterocycles. The van der Waals surface area contributed by atoms with Crippen LogP contribution in [0.25, 0.3) is 0 Å². The molecule has 0 spiro atoms. The van der Waals surface area contributed by atoms with Crippen LogP contribution in [0, 0.1) is 6.92 Å². The van der Waals surface area contributed by atoms with Crippen LogP contribution in [0.4, 0.5) is 17.6 Å². The molecule has 27 heavy (non-hydrogen) atoms. The summed E-state index contributed by atoms with van der Waals surface area (Å²) < 4.78 is 10.4. The zero-order chi connectivity index (χ0) is 19.2. The summed E-state index contributed by atoms with van der Waals surface area (Å²) in [7, 11) is 1.49. The van der Waals surface area contributed by atoms with Gasteiger partial charge >= 0.3 is 5.97 Å². The van der Waals surface area contributed by atoms with Gasteiger partial charge in [-0.3, -0.25) is 0 Å². The van der Waals surface area contributed by atoms with Crippen LogP contribution < -0.4 is 15.8 Å². The minimum atomic E-state index is -0.542. The number of aromatic nitrogens is 3. The fourth-order valence-corrected chi connectivity index (χ4v) is 2.35. The first kappa shape index (κ1) is 18.1. The second-order valence-corrected chi connectivity index (χ2v) is 5.70. The van der Waals surface area contributed by atoms with Crippen LogP contribution in [0.1, 0.15) is 21.7 Å². The Morgan fingerprint density at radius 3 is 2.56 bits per heavy atom. The molecule has 8 heteroatoms. The van der Waals surface area contributed by atoms with Gasteiger partial charge in [0, 0.05) is 5.69 Å². The van der Waals surface area contributed by atoms with E-state index < -0.39 is 5.97 Å². The molecule has 0 aliphatic carbocycles. The summed E-state index contributed by atoms with van der Waals surface area (Å²) in [6.45, 7) is 1.85. The van der Waals surface area contributed by atoms with E-state index in [1.807, 2.05) is 31.2 Å². The van der Waals surface area contributed by atoms with Crippen LogP contribution >= 0.6 is 0 Å². The molecular formula is C19H19N5O3. The lowest BCUT2D eigenvalue weighted by atomic mass is 10.2. The lowest BCUT2D eigenvalue weighted by Gasteiger charge is -2.09. The Morgan fingerprint density at radius 2 is 1.81 bits per heavy atom. The van der Waals surface area contributed by atoms with E-state index in [1.165, 1.54) is 7.11 Å². The third-order valence-electron chi connectivity index (χ3n) is 3.67. The predicted molar refractivity (Wildman–Crippen MR) is 101 cm³/mol. The van der Waals surface area contributed by atoms with Gasteiger partial charge in [0.1, 0.15) is 11.3 Å². The van der Waals surface area contributed by atoms with Gasteiger partial charge in [0.15, 0.2) is 12.4 Å². The number of nitrogen functional groups attached to an aromatic ring is 1. The third-order valence-corrected chi connectivity index (χ3v) is 3.67. The lowest BCUT2D eigenvalue weighted by Crippen LogP contribution is -2.11. The van der Waals surface area contributed by atoms with Gasteiger partial charge in [-0.1, -0.05) is 29.8 Å². The van der Waals surface area contributed by atoms with E-state index in [9.17, 15) is 4.79 Å². The topological polar surface area (TPSA) is 112 Å². The van der Waals surface area contributed by atoms with Crippen molar-refractivity contribution in [3.63, 3.8) is 0 Å². The molecule has 0 amide bonds. The van der Waals surface area contributed by atoms with Crippen molar-refractivity contribution < 1.29 is 14.3 Å². The van der Waals surface area contributed by atoms with E-state index in [1.54, 1.807) is 24.3 Å². The molecule has 0 unspecified atom stereocenters. The summed E-state index contributed by atoms with van der Waals surface area (Å²) in [6.07, 6.45) is 0. The van der Waals surface area contributed by atoms with Crippen molar-refractivity contribution in [3.05, 3.63) is 65.5 Å². The van der Waals surface area contributed by atoms with Crippen molar-refractivity contribution >= 4 is 23.6 Å². The average Bonchev–Trinajstić information content (AvgIpc) is 2.67. The molecule has 0 fully saturated rings. The highest BCUT2D eigenvalue weighted by Gasteiger charge is 2.14. The van der Waals surface area contributed by atoms with Gasteiger partial charge in [-0.15, -0.1) is 0 Å². The molecule has 3 rings (SSSR count). The molecule has 0 saturated carbocycles. The van der Waals surface area contributed by atoms with E-state index in [0.29, 0.717) is 11.3 Å². The molecule has 3 N–H and O–H groups in total. The van der Waals surface area contributed by atoms with Crippen LogP contribution in [0.5, 0.6) is 5.75 Å². The van der Waals surface area contributed by atoms with E-state index in [4.69, 9.17) is 15.2 Å². The molecule has 1 heterocycles. The second-order valence-electron chi connectivity index (χ2n) is 5.70. The van der Waals surface area contributed by atoms with Gasteiger partial charge in [0.2, 0.25) is 11.9 Å². The highest BCUT2D eigenvalue weighted by Crippen LogP contribution is 2.19. The van der Waals surface area contributed by atoms with Crippen LogP contribution in [-0.4, -0.2) is 28.0 Å². The van der Waals surface area contributed by atoms with Crippen LogP contribution in [0.3, 0.4) is 0 Å². The summed E-state index contributed by atoms with van der Waals surface area (Å²) in [5.41, 5.74) is 8.00. The summed E-state index contributed by atoms with van der Waals surface area (Å²) in [6, 6.07) is 14.5. The molecule has 0 bridgehead atoms. The highest BCUT2D eigenvalue weighted by molar-refractivity contribution is 5.92. The smallest absolute Gasteiger partial charge is 0.342 e. The van der Waals surface area contributed by atoms with Crippen molar-refractivity contribution in [1.29, 1.82) is 0 Å². The van der Waals surface area contributed by atoms with Crippen molar-refractivity contribution in [2.45, 2.75) is 13.5 Å². The molecule has 0 radical (unpaired) electrons. The van der Waals surface area contributed by atoms with E-state index in [-0.39, 0.29) is 24.3 Å². The number of esters is 1. The molecular weight excluding hydrogens is 346 g/mol. The normalized spacial score (nSPS) is 10.3. The Labute approximate surface area is 156 Å². The number of aryl methyl sites for hydroxylation is 1. The summed E-state index contributed by atoms with van der Waals surface area (Å²) in [5, 5.41) is 3.05. The maximum atomic E-state index is 12.3. The lowest BCUT2D eigenvalue weighted by molar-refractivity contribution is 0.0458. The van der Waals surface area contributed by atoms with E-state index in [2.05, 4.69) is 20.3 Å². The van der Waals surface area contributed by atoms with E-state index in [0.717, 1.165) is 11.3 Å². The van der Waals surface area contributed by atoms with E-state index >= 15 is 0 Å². The first-order valence-corrected chi connectivity index (χ1v) is 8.19. The quantitative estimate of drug-likeness (QED) is 0.641. The second kappa shape index (κ2) is 8.13. The number of hydrogen-bond acceptors (Lipinski definition) is 8. The zero-order valence-corrected chi connectivity index (χ0v) is 15.0. The minimum Gasteiger partial charge on any atom is -0.496 e. The summed E-state index contributed by atoms with van der Waals surface area (Å²) in [4.78, 5) is 24.6. The Morgan fingerprint density at radius 1 is 1.07 bits per heavy atom. The van der Waals surface area contributed by atoms with Gasteiger partial charge in [-0.2, -0.15) is 15.0 Å². The molecule has 1 aromatic heterocycles. The van der Waals surface area contributed by atoms with Crippen molar-refractivity contribution in [2.24, 2.45) is 0 Å². The molecule has 0 aliphatic rings. The number of nitrogens with zero attached hydrogens (tertiary/aromatic N) is 3. The first-order valence-electron chi connectivity index (χ1n) is 8.19. The number of carbonyl (C=O) groups is 1. The van der Waals surface area contributed by atoms with Gasteiger partial charge in [0.25, 0.3) is 0 Å². The Hall–Kier alpha value is -3.68. The minimum absolute atomic E-state index is 0.0305. The number of hydrogen-bond donors (Lipinski definition) is 2. The molecule has 3 aromatic rings. The molecule has 2 aromatic carbocycles. The van der Waals surface area contributed by atoms with Crippen molar-refractivity contribution in [3.8, 4) is 5.75 Å². The fraction of sp³-hybridized carbons (Fsp3) is 0.158. The predicted octanol–water partition coefficient (Wildman–Crippen LogP) is 2.87. The van der Waals surface area contributed by atoms with Crippen LogP contribution in [0.15, 0.2) is 48.5 Å². The number of nitrogens with two attached hydrogens (primary N) is 1. The Kier molecular flexibility index (Phi) is 5.46. The summed E-state index contributed by atoms with van der Waals surface area (Å²) >= 11 is 0. The highest BCUT2D eigenvalue weighted by atomic mass is 16.5. The largest absolute Gasteiger partial charge is 0.496 e. The first-order chi connectivity index (χ1) is 13.0. The molecule has 138 valence electrons. The Balaban J connectivity index is 1.70. The Bertz CT molecular complexity index is 944. The van der Waals surface area contributed by atoms with Gasteiger partial charge in [-0.05, 0) is 31.2 Å². The maximum Gasteiger partial charge on any atom is 0.342 e. The number of ether oxygens (including phenoxy) is 2. The van der Waals surface area contributed by atoms with Crippen LogP contribution in [0.2, 0.25) is 0 Å². The summed E-state index contributed by atoms with van der Waals surface area (Å²) in [5.74, 6) is 0.428. The average molecular weight is 365 g/mol. The van der Waals surface area contributed by atoms with Gasteiger partial charge in [-0.25, -0.2) is 4.79 Å². The van der Waals surface area contributed by atoms with Crippen molar-refractivity contribution in [1.82, 2.24) is 15.0 Å². The number of methoxy groups -OCH3 is 1. The number of para-hydroxylation sites is 1. The molecule has 8 nitrogen and oxygen atoms in total. The molecule has 0 atom stereocenters.